The summed E-state index contributed by atoms with van der Waals surface area (Å²) in [7, 11) is -3.27. The zero-order valence-electron chi connectivity index (χ0n) is 6.99. The summed E-state index contributed by atoms with van der Waals surface area (Å²) in [6.45, 7) is 0.162. The van der Waals surface area contributed by atoms with Crippen LogP contribution in [0.3, 0.4) is 0 Å². The van der Waals surface area contributed by atoms with Crippen LogP contribution in [0.2, 0.25) is 0 Å². The van der Waals surface area contributed by atoms with Gasteiger partial charge in [-0.2, -0.15) is 0 Å². The maximum atomic E-state index is 11.2. The monoisotopic (exact) mass is 264 g/mol. The molecule has 0 saturated heterocycles. The fourth-order valence-electron chi connectivity index (χ4n) is 0.949. The number of sulfone groups is 1. The third-order valence-corrected chi connectivity index (χ3v) is 2.97. The lowest BCUT2D eigenvalue weighted by Crippen LogP contribution is -2.08. The van der Waals surface area contributed by atoms with E-state index in [9.17, 15) is 8.42 Å². The van der Waals surface area contributed by atoms with E-state index in [2.05, 4.69) is 20.9 Å². The molecule has 0 aliphatic rings. The van der Waals surface area contributed by atoms with Gasteiger partial charge in [0, 0.05) is 29.0 Å². The predicted molar refractivity (Wildman–Crippen MR) is 52.9 cm³/mol. The van der Waals surface area contributed by atoms with E-state index < -0.39 is 9.84 Å². The molecule has 0 fully saturated rings. The Morgan fingerprint density at radius 1 is 1.62 bits per heavy atom. The Morgan fingerprint density at radius 2 is 2.23 bits per heavy atom. The molecule has 2 N–H and O–H groups in total. The molecule has 1 rings (SSSR count). The molecule has 6 heteroatoms. The summed E-state index contributed by atoms with van der Waals surface area (Å²) in [6, 6.07) is 1.66. The Labute approximate surface area is 85.2 Å². The maximum absolute atomic E-state index is 11.2. The van der Waals surface area contributed by atoms with Gasteiger partial charge in [0.15, 0.2) is 14.9 Å². The Bertz CT molecular complexity index is 417. The molecule has 0 spiro atoms. The molecule has 0 atom stereocenters. The summed E-state index contributed by atoms with van der Waals surface area (Å²) in [4.78, 5) is 3.81. The molecule has 0 aromatic carbocycles. The van der Waals surface area contributed by atoms with Crippen molar-refractivity contribution in [3.8, 4) is 0 Å². The number of pyridine rings is 1. The second kappa shape index (κ2) is 3.73. The Balaban J connectivity index is 3.39. The summed E-state index contributed by atoms with van der Waals surface area (Å²) in [6.07, 6.45) is 2.55. The third-order valence-electron chi connectivity index (χ3n) is 1.46. The SMILES string of the molecule is CS(=O)(=O)c1ncc(Br)cc1CN. The minimum absolute atomic E-state index is 0.0539. The average Bonchev–Trinajstić information content (AvgIpc) is 2.01. The van der Waals surface area contributed by atoms with Gasteiger partial charge in [-0.3, -0.25) is 0 Å². The molecule has 0 aliphatic carbocycles. The molecule has 0 amide bonds. The highest BCUT2D eigenvalue weighted by Gasteiger charge is 2.13. The maximum Gasteiger partial charge on any atom is 0.193 e. The molecule has 4 nitrogen and oxygen atoms in total. The van der Waals surface area contributed by atoms with Crippen molar-refractivity contribution in [2.45, 2.75) is 11.6 Å². The number of aromatic nitrogens is 1. The van der Waals surface area contributed by atoms with E-state index in [1.54, 1.807) is 6.07 Å². The van der Waals surface area contributed by atoms with Crippen LogP contribution in [-0.4, -0.2) is 19.7 Å². The van der Waals surface area contributed by atoms with Crippen LogP contribution >= 0.6 is 15.9 Å². The van der Waals surface area contributed by atoms with Crippen molar-refractivity contribution in [1.82, 2.24) is 4.98 Å². The van der Waals surface area contributed by atoms with Crippen molar-refractivity contribution in [1.29, 1.82) is 0 Å². The zero-order chi connectivity index (χ0) is 10.1. The first-order valence-corrected chi connectivity index (χ1v) is 6.18. The van der Waals surface area contributed by atoms with Gasteiger partial charge < -0.3 is 5.73 Å². The Kier molecular flexibility index (Phi) is 3.05. The average molecular weight is 265 g/mol. The first-order valence-electron chi connectivity index (χ1n) is 3.49. The van der Waals surface area contributed by atoms with Crippen molar-refractivity contribution in [2.24, 2.45) is 5.73 Å². The predicted octanol–water partition coefficient (Wildman–Crippen LogP) is 0.706. The summed E-state index contributed by atoms with van der Waals surface area (Å²) < 4.78 is 23.1. The Morgan fingerprint density at radius 3 is 2.69 bits per heavy atom. The van der Waals surface area contributed by atoms with Gasteiger partial charge in [-0.15, -0.1) is 0 Å². The second-order valence-corrected chi connectivity index (χ2v) is 5.44. The van der Waals surface area contributed by atoms with Crippen molar-refractivity contribution in [3.05, 3.63) is 22.3 Å². The fourth-order valence-corrected chi connectivity index (χ4v) is 2.19. The van der Waals surface area contributed by atoms with Gasteiger partial charge in [0.05, 0.1) is 0 Å². The zero-order valence-corrected chi connectivity index (χ0v) is 9.39. The first kappa shape index (κ1) is 10.6. The first-order chi connectivity index (χ1) is 5.95. The number of halogens is 1. The molecule has 13 heavy (non-hydrogen) atoms. The van der Waals surface area contributed by atoms with E-state index >= 15 is 0 Å². The summed E-state index contributed by atoms with van der Waals surface area (Å²) >= 11 is 3.19. The molecule has 1 aromatic heterocycles. The number of hydrogen-bond acceptors (Lipinski definition) is 4. The topological polar surface area (TPSA) is 73.0 Å². The van der Waals surface area contributed by atoms with Crippen LogP contribution < -0.4 is 5.73 Å². The summed E-state index contributed by atoms with van der Waals surface area (Å²) in [5, 5.41) is 0.0539. The minimum atomic E-state index is -3.27. The minimum Gasteiger partial charge on any atom is -0.326 e. The smallest absolute Gasteiger partial charge is 0.193 e. The lowest BCUT2D eigenvalue weighted by atomic mass is 10.3. The van der Waals surface area contributed by atoms with Gasteiger partial charge >= 0.3 is 0 Å². The number of nitrogens with zero attached hydrogens (tertiary/aromatic N) is 1. The van der Waals surface area contributed by atoms with Crippen LogP contribution in [-0.2, 0) is 16.4 Å². The van der Waals surface area contributed by atoms with Crippen LogP contribution in [0.5, 0.6) is 0 Å². The molecule has 0 bridgehead atoms. The lowest BCUT2D eigenvalue weighted by Gasteiger charge is -2.04. The normalized spacial score (nSPS) is 11.6. The van der Waals surface area contributed by atoms with E-state index in [1.165, 1.54) is 6.20 Å². The van der Waals surface area contributed by atoms with E-state index in [4.69, 9.17) is 5.73 Å². The van der Waals surface area contributed by atoms with E-state index in [0.29, 0.717) is 5.56 Å². The van der Waals surface area contributed by atoms with Crippen molar-refractivity contribution >= 4 is 25.8 Å². The van der Waals surface area contributed by atoms with Crippen LogP contribution in [0.15, 0.2) is 21.8 Å². The van der Waals surface area contributed by atoms with Crippen molar-refractivity contribution in [3.63, 3.8) is 0 Å². The molecule has 1 heterocycles. The summed E-state index contributed by atoms with van der Waals surface area (Å²) in [5.41, 5.74) is 5.92. The number of rotatable bonds is 2. The van der Waals surface area contributed by atoms with E-state index in [1.807, 2.05) is 0 Å². The third kappa shape index (κ3) is 2.49. The van der Waals surface area contributed by atoms with Gasteiger partial charge in [-0.25, -0.2) is 13.4 Å². The molecule has 0 saturated carbocycles. The van der Waals surface area contributed by atoms with Gasteiger partial charge in [-0.05, 0) is 22.0 Å². The highest BCUT2D eigenvalue weighted by Crippen LogP contribution is 2.17. The van der Waals surface area contributed by atoms with Gasteiger partial charge in [0.2, 0.25) is 0 Å². The number of hydrogen-bond donors (Lipinski definition) is 1. The standard InChI is InChI=1S/C7H9BrN2O2S/c1-13(11,12)7-5(3-9)2-6(8)4-10-7/h2,4H,3,9H2,1H3. The van der Waals surface area contributed by atoms with Gasteiger partial charge in [-0.1, -0.05) is 0 Å². The highest BCUT2D eigenvalue weighted by molar-refractivity contribution is 9.10. The van der Waals surface area contributed by atoms with E-state index in [0.717, 1.165) is 10.7 Å². The quantitative estimate of drug-likeness (QED) is 0.854. The van der Waals surface area contributed by atoms with Gasteiger partial charge in [0.25, 0.3) is 0 Å². The van der Waals surface area contributed by atoms with Crippen LogP contribution in [0.25, 0.3) is 0 Å². The summed E-state index contributed by atoms with van der Waals surface area (Å²) in [5.74, 6) is 0. The van der Waals surface area contributed by atoms with Crippen LogP contribution in [0, 0.1) is 0 Å². The number of nitrogens with two attached hydrogens (primary N) is 1. The van der Waals surface area contributed by atoms with Gasteiger partial charge in [0.1, 0.15) is 0 Å². The Hall–Kier alpha value is -0.460. The van der Waals surface area contributed by atoms with Crippen LogP contribution in [0.1, 0.15) is 5.56 Å². The molecule has 72 valence electrons. The molecule has 0 unspecified atom stereocenters. The second-order valence-electron chi connectivity index (χ2n) is 2.59. The molecule has 0 radical (unpaired) electrons. The molecular weight excluding hydrogens is 256 g/mol. The lowest BCUT2D eigenvalue weighted by molar-refractivity contribution is 0.596. The molecular formula is C7H9BrN2O2S. The largest absolute Gasteiger partial charge is 0.326 e. The van der Waals surface area contributed by atoms with Crippen molar-refractivity contribution < 1.29 is 8.42 Å². The van der Waals surface area contributed by atoms with Crippen LogP contribution in [0.4, 0.5) is 0 Å². The van der Waals surface area contributed by atoms with E-state index in [-0.39, 0.29) is 11.6 Å². The van der Waals surface area contributed by atoms with Crippen molar-refractivity contribution in [2.75, 3.05) is 6.26 Å². The fraction of sp³-hybridized carbons (Fsp3) is 0.286. The molecule has 0 aliphatic heterocycles. The molecule has 1 aromatic rings. The highest BCUT2D eigenvalue weighted by atomic mass is 79.9.